The van der Waals surface area contributed by atoms with Crippen molar-refractivity contribution in [2.24, 2.45) is 5.92 Å². The first-order chi connectivity index (χ1) is 9.43. The second kappa shape index (κ2) is 13.0. The summed E-state index contributed by atoms with van der Waals surface area (Å²) in [5, 5.41) is 0. The minimum atomic E-state index is 1.13. The van der Waals surface area contributed by atoms with Gasteiger partial charge in [-0.2, -0.15) is 0 Å². The predicted octanol–water partition coefficient (Wildman–Crippen LogP) is 7.27. The zero-order valence-electron chi connectivity index (χ0n) is 13.6. The molecule has 0 nitrogen and oxygen atoms in total. The van der Waals surface area contributed by atoms with E-state index >= 15 is 0 Å². The van der Waals surface area contributed by atoms with Gasteiger partial charge in [0, 0.05) is 0 Å². The van der Waals surface area contributed by atoms with E-state index in [0.29, 0.717) is 0 Å². The fourth-order valence-electron chi connectivity index (χ4n) is 3.23. The van der Waals surface area contributed by atoms with Gasteiger partial charge in [-0.05, 0) is 5.92 Å². The Balaban J connectivity index is 1.62. The van der Waals surface area contributed by atoms with Crippen molar-refractivity contribution in [1.82, 2.24) is 0 Å². The van der Waals surface area contributed by atoms with E-state index in [-0.39, 0.29) is 0 Å². The number of rotatable bonds is 14. The Morgan fingerprint density at radius 2 is 1.00 bits per heavy atom. The molecular formula is C19H38. The smallest absolute Gasteiger partial charge is 0.0414 e. The summed E-state index contributed by atoms with van der Waals surface area (Å²) in [6, 6.07) is 0. The lowest BCUT2D eigenvalue weighted by Gasteiger charge is -2.24. The number of hydrogen-bond acceptors (Lipinski definition) is 0. The quantitative estimate of drug-likeness (QED) is 0.290. The normalized spacial score (nSPS) is 15.6. The van der Waals surface area contributed by atoms with Gasteiger partial charge in [0.25, 0.3) is 0 Å². The highest BCUT2D eigenvalue weighted by Crippen LogP contribution is 2.31. The monoisotopic (exact) mass is 266 g/mol. The van der Waals surface area contributed by atoms with Crippen molar-refractivity contribution in [2.45, 2.75) is 116 Å². The first-order valence-electron chi connectivity index (χ1n) is 9.43. The predicted molar refractivity (Wildman–Crippen MR) is 87.7 cm³/mol. The highest BCUT2D eigenvalue weighted by atomic mass is 14.2. The third-order valence-corrected chi connectivity index (χ3v) is 4.94. The summed E-state index contributed by atoms with van der Waals surface area (Å²) in [6.45, 7) is 2.30. The molecular weight excluding hydrogens is 228 g/mol. The van der Waals surface area contributed by atoms with Crippen LogP contribution in [0.2, 0.25) is 0 Å². The maximum absolute atomic E-state index is 2.30. The zero-order valence-corrected chi connectivity index (χ0v) is 13.6. The SMILES string of the molecule is CCCCCCCCCCCCCCCC1CCC1. The summed E-state index contributed by atoms with van der Waals surface area (Å²) in [5.74, 6) is 1.13. The molecule has 0 N–H and O–H groups in total. The molecule has 0 amide bonds. The summed E-state index contributed by atoms with van der Waals surface area (Å²) in [4.78, 5) is 0. The summed E-state index contributed by atoms with van der Waals surface area (Å²) in [5.41, 5.74) is 0. The van der Waals surface area contributed by atoms with Crippen molar-refractivity contribution in [3.8, 4) is 0 Å². The maximum atomic E-state index is 2.30. The van der Waals surface area contributed by atoms with Gasteiger partial charge in [0.05, 0.1) is 0 Å². The van der Waals surface area contributed by atoms with Gasteiger partial charge in [-0.15, -0.1) is 0 Å². The molecule has 114 valence electrons. The van der Waals surface area contributed by atoms with E-state index < -0.39 is 0 Å². The van der Waals surface area contributed by atoms with E-state index in [1.165, 1.54) is 109 Å². The molecule has 0 aromatic carbocycles. The van der Waals surface area contributed by atoms with Gasteiger partial charge in [0.2, 0.25) is 0 Å². The van der Waals surface area contributed by atoms with Gasteiger partial charge >= 0.3 is 0 Å². The fraction of sp³-hybridized carbons (Fsp3) is 1.00. The molecule has 0 radical (unpaired) electrons. The van der Waals surface area contributed by atoms with E-state index in [1.54, 1.807) is 0 Å². The topological polar surface area (TPSA) is 0 Å². The molecule has 1 saturated carbocycles. The molecule has 0 unspecified atom stereocenters. The van der Waals surface area contributed by atoms with Crippen LogP contribution < -0.4 is 0 Å². The van der Waals surface area contributed by atoms with E-state index in [4.69, 9.17) is 0 Å². The molecule has 0 aromatic rings. The highest BCUT2D eigenvalue weighted by Gasteiger charge is 2.15. The van der Waals surface area contributed by atoms with E-state index in [0.717, 1.165) is 5.92 Å². The molecule has 1 fully saturated rings. The van der Waals surface area contributed by atoms with Gasteiger partial charge in [-0.3, -0.25) is 0 Å². The van der Waals surface area contributed by atoms with Crippen LogP contribution in [-0.4, -0.2) is 0 Å². The Hall–Kier alpha value is 0. The van der Waals surface area contributed by atoms with Crippen molar-refractivity contribution in [3.05, 3.63) is 0 Å². The highest BCUT2D eigenvalue weighted by molar-refractivity contribution is 4.69. The summed E-state index contributed by atoms with van der Waals surface area (Å²) < 4.78 is 0. The van der Waals surface area contributed by atoms with Gasteiger partial charge in [0.1, 0.15) is 0 Å². The van der Waals surface area contributed by atoms with E-state index in [2.05, 4.69) is 6.92 Å². The van der Waals surface area contributed by atoms with Gasteiger partial charge in [-0.1, -0.05) is 116 Å². The molecule has 0 bridgehead atoms. The van der Waals surface area contributed by atoms with Crippen molar-refractivity contribution in [1.29, 1.82) is 0 Å². The molecule has 0 spiro atoms. The molecule has 1 aliphatic rings. The molecule has 0 saturated heterocycles. The minimum Gasteiger partial charge on any atom is -0.0654 e. The molecule has 0 aliphatic heterocycles. The average Bonchev–Trinajstić information content (AvgIpc) is 2.37. The molecule has 1 aliphatic carbocycles. The van der Waals surface area contributed by atoms with Crippen LogP contribution in [0.25, 0.3) is 0 Å². The van der Waals surface area contributed by atoms with Crippen molar-refractivity contribution < 1.29 is 0 Å². The molecule has 1 rings (SSSR count). The second-order valence-electron chi connectivity index (χ2n) is 6.83. The second-order valence-corrected chi connectivity index (χ2v) is 6.83. The Kier molecular flexibility index (Phi) is 11.7. The van der Waals surface area contributed by atoms with E-state index in [9.17, 15) is 0 Å². The summed E-state index contributed by atoms with van der Waals surface area (Å²) in [6.07, 6.45) is 25.4. The molecule has 0 heterocycles. The van der Waals surface area contributed by atoms with Crippen LogP contribution in [-0.2, 0) is 0 Å². The van der Waals surface area contributed by atoms with Gasteiger partial charge in [-0.25, -0.2) is 0 Å². The standard InChI is InChI=1S/C19H38/c1-2-3-4-5-6-7-8-9-10-11-12-13-14-16-19-17-15-18-19/h19H,2-18H2,1H3. The Bertz CT molecular complexity index is 169. The van der Waals surface area contributed by atoms with Gasteiger partial charge in [0.15, 0.2) is 0 Å². The molecule has 0 heteroatoms. The Morgan fingerprint density at radius 1 is 0.579 bits per heavy atom. The summed E-state index contributed by atoms with van der Waals surface area (Å²) >= 11 is 0. The average molecular weight is 267 g/mol. The third-order valence-electron chi connectivity index (χ3n) is 4.94. The lowest BCUT2D eigenvalue weighted by Crippen LogP contribution is -2.10. The van der Waals surface area contributed by atoms with Crippen LogP contribution in [0, 0.1) is 5.92 Å². The Morgan fingerprint density at radius 3 is 1.37 bits per heavy atom. The molecule has 0 atom stereocenters. The van der Waals surface area contributed by atoms with Crippen LogP contribution in [0.15, 0.2) is 0 Å². The molecule has 0 aromatic heterocycles. The lowest BCUT2D eigenvalue weighted by molar-refractivity contribution is 0.286. The largest absolute Gasteiger partial charge is 0.0654 e. The fourth-order valence-corrected chi connectivity index (χ4v) is 3.23. The summed E-state index contributed by atoms with van der Waals surface area (Å²) in [7, 11) is 0. The third kappa shape index (κ3) is 10.4. The van der Waals surface area contributed by atoms with Crippen molar-refractivity contribution >= 4 is 0 Å². The van der Waals surface area contributed by atoms with Crippen LogP contribution >= 0.6 is 0 Å². The van der Waals surface area contributed by atoms with Crippen LogP contribution in [0.5, 0.6) is 0 Å². The maximum Gasteiger partial charge on any atom is -0.0414 e. The van der Waals surface area contributed by atoms with E-state index in [1.807, 2.05) is 0 Å². The van der Waals surface area contributed by atoms with Crippen LogP contribution in [0.1, 0.15) is 116 Å². The number of hydrogen-bond donors (Lipinski definition) is 0. The van der Waals surface area contributed by atoms with Crippen molar-refractivity contribution in [2.75, 3.05) is 0 Å². The van der Waals surface area contributed by atoms with Crippen LogP contribution in [0.4, 0.5) is 0 Å². The van der Waals surface area contributed by atoms with Crippen LogP contribution in [0.3, 0.4) is 0 Å². The van der Waals surface area contributed by atoms with Crippen molar-refractivity contribution in [3.63, 3.8) is 0 Å². The first kappa shape index (κ1) is 17.1. The number of unbranched alkanes of at least 4 members (excludes halogenated alkanes) is 12. The Labute approximate surface area is 122 Å². The minimum absolute atomic E-state index is 1.13. The zero-order chi connectivity index (χ0) is 13.6. The molecule has 19 heavy (non-hydrogen) atoms. The first-order valence-corrected chi connectivity index (χ1v) is 9.43. The van der Waals surface area contributed by atoms with Gasteiger partial charge < -0.3 is 0 Å². The lowest BCUT2D eigenvalue weighted by atomic mass is 9.81.